The number of carbonyl (C=O) groups is 2. The number of carbonyl (C=O) groups excluding carboxylic acids is 2. The number of halogens is 1. The molecular formula is C19H17ClO5. The molecule has 1 heterocycles. The van der Waals surface area contributed by atoms with E-state index in [1.807, 2.05) is 26.0 Å². The molecule has 0 radical (unpaired) electrons. The van der Waals surface area contributed by atoms with Gasteiger partial charge in [-0.2, -0.15) is 0 Å². The second-order valence-corrected chi connectivity index (χ2v) is 6.21. The molecule has 2 aromatic rings. The molecule has 130 valence electrons. The van der Waals surface area contributed by atoms with Crippen molar-refractivity contribution in [2.45, 2.75) is 13.8 Å². The molecule has 0 aromatic heterocycles. The van der Waals surface area contributed by atoms with Crippen molar-refractivity contribution in [3.05, 3.63) is 57.6 Å². The minimum atomic E-state index is -0.641. The van der Waals surface area contributed by atoms with Gasteiger partial charge in [0, 0.05) is 5.56 Å². The van der Waals surface area contributed by atoms with Crippen molar-refractivity contribution in [1.82, 2.24) is 0 Å². The van der Waals surface area contributed by atoms with E-state index in [0.29, 0.717) is 30.3 Å². The van der Waals surface area contributed by atoms with Gasteiger partial charge in [0.1, 0.15) is 13.2 Å². The summed E-state index contributed by atoms with van der Waals surface area (Å²) < 4.78 is 16.0. The lowest BCUT2D eigenvalue weighted by molar-refractivity contribution is 0.0473. The third-order valence-corrected chi connectivity index (χ3v) is 4.14. The molecule has 5 nitrogen and oxygen atoms in total. The number of ether oxygens (including phenoxy) is 3. The summed E-state index contributed by atoms with van der Waals surface area (Å²) in [4.78, 5) is 24.5. The quantitative estimate of drug-likeness (QED) is 0.613. The van der Waals surface area contributed by atoms with E-state index < -0.39 is 5.97 Å². The van der Waals surface area contributed by atoms with Gasteiger partial charge < -0.3 is 14.2 Å². The molecule has 0 saturated carbocycles. The standard InChI is InChI=1S/C19H17ClO5/c1-11-3-4-12(2)14(7-11)16(21)10-25-19(22)13-8-15(20)18-17(9-13)23-5-6-24-18/h3-4,7-9H,5-6,10H2,1-2H3. The van der Waals surface area contributed by atoms with Crippen molar-refractivity contribution in [2.75, 3.05) is 19.8 Å². The van der Waals surface area contributed by atoms with Gasteiger partial charge in [-0.3, -0.25) is 4.79 Å². The number of benzene rings is 2. The van der Waals surface area contributed by atoms with Gasteiger partial charge in [-0.05, 0) is 37.6 Å². The number of hydrogen-bond acceptors (Lipinski definition) is 5. The van der Waals surface area contributed by atoms with Crippen LogP contribution in [-0.2, 0) is 4.74 Å². The summed E-state index contributed by atoms with van der Waals surface area (Å²) in [5, 5.41) is 0.269. The Morgan fingerprint density at radius 2 is 1.88 bits per heavy atom. The SMILES string of the molecule is Cc1ccc(C)c(C(=O)COC(=O)c2cc(Cl)c3c(c2)OCCO3)c1. The molecule has 25 heavy (non-hydrogen) atoms. The fraction of sp³-hybridized carbons (Fsp3) is 0.263. The maximum Gasteiger partial charge on any atom is 0.338 e. The Morgan fingerprint density at radius 1 is 1.12 bits per heavy atom. The third kappa shape index (κ3) is 3.77. The minimum Gasteiger partial charge on any atom is -0.486 e. The Bertz CT molecular complexity index is 844. The summed E-state index contributed by atoms with van der Waals surface area (Å²) in [5.74, 6) is -0.0850. The van der Waals surface area contributed by atoms with Crippen LogP contribution in [0.3, 0.4) is 0 Å². The number of fused-ring (bicyclic) bond motifs is 1. The number of Topliss-reactive ketones (excluding diaryl/α,β-unsaturated/α-hetero) is 1. The van der Waals surface area contributed by atoms with Crippen LogP contribution in [-0.4, -0.2) is 31.6 Å². The average Bonchev–Trinajstić information content (AvgIpc) is 2.61. The molecule has 0 aliphatic carbocycles. The molecule has 0 unspecified atom stereocenters. The Hall–Kier alpha value is -2.53. The zero-order valence-electron chi connectivity index (χ0n) is 13.9. The second-order valence-electron chi connectivity index (χ2n) is 5.80. The average molecular weight is 361 g/mol. The van der Waals surface area contributed by atoms with Gasteiger partial charge in [0.2, 0.25) is 5.78 Å². The first kappa shape index (κ1) is 17.3. The summed E-state index contributed by atoms with van der Waals surface area (Å²) >= 11 is 6.11. The summed E-state index contributed by atoms with van der Waals surface area (Å²) in [6.45, 7) is 4.19. The highest BCUT2D eigenvalue weighted by Crippen LogP contribution is 2.38. The van der Waals surface area contributed by atoms with Crippen molar-refractivity contribution in [3.63, 3.8) is 0 Å². The van der Waals surface area contributed by atoms with E-state index in [1.165, 1.54) is 12.1 Å². The largest absolute Gasteiger partial charge is 0.486 e. The lowest BCUT2D eigenvalue weighted by Crippen LogP contribution is -2.18. The smallest absolute Gasteiger partial charge is 0.338 e. The molecule has 0 amide bonds. The second kappa shape index (κ2) is 7.15. The summed E-state index contributed by atoms with van der Waals surface area (Å²) in [7, 11) is 0. The predicted octanol–water partition coefficient (Wildman–Crippen LogP) is 3.77. The van der Waals surface area contributed by atoms with Crippen LogP contribution >= 0.6 is 11.6 Å². The Kier molecular flexibility index (Phi) is 4.95. The van der Waals surface area contributed by atoms with Crippen LogP contribution in [0.15, 0.2) is 30.3 Å². The molecule has 0 bridgehead atoms. The Balaban J connectivity index is 1.71. The van der Waals surface area contributed by atoms with E-state index in [1.54, 1.807) is 6.07 Å². The first-order valence-electron chi connectivity index (χ1n) is 7.82. The third-order valence-electron chi connectivity index (χ3n) is 3.86. The van der Waals surface area contributed by atoms with Gasteiger partial charge in [-0.25, -0.2) is 4.79 Å². The summed E-state index contributed by atoms with van der Waals surface area (Å²) in [6, 6.07) is 8.53. The van der Waals surface area contributed by atoms with Gasteiger partial charge >= 0.3 is 5.97 Å². The van der Waals surface area contributed by atoms with E-state index >= 15 is 0 Å². The van der Waals surface area contributed by atoms with E-state index in [9.17, 15) is 9.59 Å². The van der Waals surface area contributed by atoms with E-state index in [2.05, 4.69) is 0 Å². The van der Waals surface area contributed by atoms with Crippen molar-refractivity contribution in [3.8, 4) is 11.5 Å². The lowest BCUT2D eigenvalue weighted by Gasteiger charge is -2.20. The van der Waals surface area contributed by atoms with Gasteiger partial charge in [0.15, 0.2) is 18.1 Å². The predicted molar refractivity (Wildman–Crippen MR) is 93.0 cm³/mol. The molecular weight excluding hydrogens is 344 g/mol. The molecule has 1 aliphatic heterocycles. The number of rotatable bonds is 4. The minimum absolute atomic E-state index is 0.211. The van der Waals surface area contributed by atoms with Crippen LogP contribution in [0.4, 0.5) is 0 Å². The highest BCUT2D eigenvalue weighted by atomic mass is 35.5. The maximum atomic E-state index is 12.3. The van der Waals surface area contributed by atoms with Crippen LogP contribution in [0.1, 0.15) is 31.8 Å². The molecule has 3 rings (SSSR count). The van der Waals surface area contributed by atoms with Gasteiger partial charge in [-0.15, -0.1) is 0 Å². The topological polar surface area (TPSA) is 61.8 Å². The normalized spacial score (nSPS) is 12.6. The molecule has 0 saturated heterocycles. The van der Waals surface area contributed by atoms with Gasteiger partial charge in [-0.1, -0.05) is 29.3 Å². The number of hydrogen-bond donors (Lipinski definition) is 0. The molecule has 0 N–H and O–H groups in total. The van der Waals surface area contributed by atoms with E-state index in [-0.39, 0.29) is 23.0 Å². The van der Waals surface area contributed by atoms with Crippen molar-refractivity contribution >= 4 is 23.4 Å². The van der Waals surface area contributed by atoms with Crippen molar-refractivity contribution in [1.29, 1.82) is 0 Å². The molecule has 0 atom stereocenters. The Morgan fingerprint density at radius 3 is 2.68 bits per heavy atom. The zero-order chi connectivity index (χ0) is 18.0. The van der Waals surface area contributed by atoms with Crippen LogP contribution < -0.4 is 9.47 Å². The summed E-state index contributed by atoms with van der Waals surface area (Å²) in [6.07, 6.45) is 0. The fourth-order valence-electron chi connectivity index (χ4n) is 2.56. The highest BCUT2D eigenvalue weighted by molar-refractivity contribution is 6.32. The molecule has 0 fully saturated rings. The monoisotopic (exact) mass is 360 g/mol. The maximum absolute atomic E-state index is 12.3. The molecule has 6 heteroatoms. The van der Waals surface area contributed by atoms with E-state index in [0.717, 1.165) is 11.1 Å². The van der Waals surface area contributed by atoms with Crippen molar-refractivity contribution in [2.24, 2.45) is 0 Å². The summed E-state index contributed by atoms with van der Waals surface area (Å²) in [5.41, 5.74) is 2.57. The van der Waals surface area contributed by atoms with Crippen LogP contribution in [0.5, 0.6) is 11.5 Å². The first-order valence-corrected chi connectivity index (χ1v) is 8.20. The Labute approximate surface area is 150 Å². The van der Waals surface area contributed by atoms with Crippen LogP contribution in [0, 0.1) is 13.8 Å². The zero-order valence-corrected chi connectivity index (χ0v) is 14.7. The number of esters is 1. The van der Waals surface area contributed by atoms with E-state index in [4.69, 9.17) is 25.8 Å². The number of ketones is 1. The number of aryl methyl sites for hydroxylation is 2. The molecule has 1 aliphatic rings. The molecule has 0 spiro atoms. The fourth-order valence-corrected chi connectivity index (χ4v) is 2.82. The van der Waals surface area contributed by atoms with Crippen LogP contribution in [0.25, 0.3) is 0 Å². The first-order chi connectivity index (χ1) is 12.0. The molecule has 2 aromatic carbocycles. The van der Waals surface area contributed by atoms with Crippen molar-refractivity contribution < 1.29 is 23.8 Å². The van der Waals surface area contributed by atoms with Gasteiger partial charge in [0.25, 0.3) is 0 Å². The lowest BCUT2D eigenvalue weighted by atomic mass is 10.0. The van der Waals surface area contributed by atoms with Gasteiger partial charge in [0.05, 0.1) is 10.6 Å². The highest BCUT2D eigenvalue weighted by Gasteiger charge is 2.21. The van der Waals surface area contributed by atoms with Crippen LogP contribution in [0.2, 0.25) is 5.02 Å².